The van der Waals surface area contributed by atoms with Crippen LogP contribution in [0.1, 0.15) is 12.5 Å². The Kier molecular flexibility index (Phi) is 5.81. The minimum Gasteiger partial charge on any atom is -0.264 e. The van der Waals surface area contributed by atoms with Crippen molar-refractivity contribution >= 4 is 33.2 Å². The normalized spacial score (nSPS) is 11.6. The molecule has 1 aromatic heterocycles. The maximum atomic E-state index is 11.4. The van der Waals surface area contributed by atoms with E-state index < -0.39 is 10.0 Å². The van der Waals surface area contributed by atoms with E-state index in [4.69, 9.17) is 23.2 Å². The second-order valence-electron chi connectivity index (χ2n) is 4.76. The summed E-state index contributed by atoms with van der Waals surface area (Å²) in [6.45, 7) is 1.96. The van der Waals surface area contributed by atoms with Gasteiger partial charge < -0.3 is 0 Å². The van der Waals surface area contributed by atoms with Crippen molar-refractivity contribution in [2.45, 2.75) is 13.3 Å². The average molecular weight is 359 g/mol. The molecular weight excluding hydrogens is 343 g/mol. The first-order valence-corrected chi connectivity index (χ1v) is 9.19. The number of rotatable bonds is 6. The van der Waals surface area contributed by atoms with Gasteiger partial charge in [-0.2, -0.15) is 0 Å². The molecule has 0 saturated heterocycles. The van der Waals surface area contributed by atoms with E-state index in [-0.39, 0.29) is 5.75 Å². The Bertz CT molecular complexity index is 764. The number of hydrogen-bond acceptors (Lipinski definition) is 3. The molecule has 0 fully saturated rings. The third-order valence-electron chi connectivity index (χ3n) is 3.16. The average Bonchev–Trinajstić information content (AvgIpc) is 2.50. The lowest BCUT2D eigenvalue weighted by Crippen LogP contribution is -2.27. The summed E-state index contributed by atoms with van der Waals surface area (Å²) >= 11 is 11.9. The van der Waals surface area contributed by atoms with Gasteiger partial charge in [0.2, 0.25) is 10.0 Å². The van der Waals surface area contributed by atoms with Gasteiger partial charge in [-0.05, 0) is 42.7 Å². The van der Waals surface area contributed by atoms with Gasteiger partial charge in [-0.25, -0.2) is 13.1 Å². The van der Waals surface area contributed by atoms with Crippen LogP contribution in [0.15, 0.2) is 36.7 Å². The second kappa shape index (κ2) is 7.42. The third kappa shape index (κ3) is 4.68. The van der Waals surface area contributed by atoms with Crippen LogP contribution >= 0.6 is 23.2 Å². The predicted octanol–water partition coefficient (Wildman–Crippen LogP) is 3.54. The molecule has 0 unspecified atom stereocenters. The van der Waals surface area contributed by atoms with E-state index in [1.54, 1.807) is 31.5 Å². The van der Waals surface area contributed by atoms with Crippen LogP contribution in [0.2, 0.25) is 10.0 Å². The Balaban J connectivity index is 2.11. The molecule has 7 heteroatoms. The standard InChI is InChI=1S/C15H16Cl2N2O2S/c1-2-22(20,21)19-6-5-11-7-13(10-18-9-11)12-3-4-14(16)15(17)8-12/h3-4,7-10,19H,2,5-6H2,1H3. The minimum atomic E-state index is -3.16. The number of hydrogen-bond donors (Lipinski definition) is 1. The fourth-order valence-electron chi connectivity index (χ4n) is 1.91. The van der Waals surface area contributed by atoms with Gasteiger partial charge in [0.1, 0.15) is 0 Å². The first-order valence-electron chi connectivity index (χ1n) is 6.78. The molecule has 22 heavy (non-hydrogen) atoms. The molecule has 0 spiro atoms. The molecule has 0 aliphatic rings. The number of sulfonamides is 1. The van der Waals surface area contributed by atoms with Crippen LogP contribution in [0.4, 0.5) is 0 Å². The SMILES string of the molecule is CCS(=O)(=O)NCCc1cncc(-c2ccc(Cl)c(Cl)c2)c1. The van der Waals surface area contributed by atoms with Crippen molar-refractivity contribution in [3.8, 4) is 11.1 Å². The highest BCUT2D eigenvalue weighted by Crippen LogP contribution is 2.28. The quantitative estimate of drug-likeness (QED) is 0.858. The number of pyridine rings is 1. The van der Waals surface area contributed by atoms with E-state index >= 15 is 0 Å². The lowest BCUT2D eigenvalue weighted by molar-refractivity contribution is 0.583. The van der Waals surface area contributed by atoms with E-state index in [2.05, 4.69) is 9.71 Å². The van der Waals surface area contributed by atoms with Gasteiger partial charge in [-0.15, -0.1) is 0 Å². The first-order chi connectivity index (χ1) is 10.4. The maximum absolute atomic E-state index is 11.4. The Morgan fingerprint density at radius 2 is 1.86 bits per heavy atom. The molecule has 0 aliphatic carbocycles. The molecule has 1 N–H and O–H groups in total. The van der Waals surface area contributed by atoms with Crippen molar-refractivity contribution in [3.63, 3.8) is 0 Å². The van der Waals surface area contributed by atoms with Crippen LogP contribution in [0.25, 0.3) is 11.1 Å². The van der Waals surface area contributed by atoms with Gasteiger partial charge in [0.15, 0.2) is 0 Å². The van der Waals surface area contributed by atoms with E-state index in [0.717, 1.165) is 16.7 Å². The molecule has 0 amide bonds. The number of benzene rings is 1. The smallest absolute Gasteiger partial charge is 0.211 e. The van der Waals surface area contributed by atoms with Gasteiger partial charge in [0.25, 0.3) is 0 Å². The summed E-state index contributed by atoms with van der Waals surface area (Å²) in [7, 11) is -3.16. The fraction of sp³-hybridized carbons (Fsp3) is 0.267. The van der Waals surface area contributed by atoms with Gasteiger partial charge >= 0.3 is 0 Å². The third-order valence-corrected chi connectivity index (χ3v) is 5.31. The summed E-state index contributed by atoms with van der Waals surface area (Å²) in [5, 5.41) is 0.990. The highest BCUT2D eigenvalue weighted by Gasteiger charge is 2.07. The molecule has 2 aromatic rings. The zero-order valence-electron chi connectivity index (χ0n) is 12.0. The van der Waals surface area contributed by atoms with Crippen LogP contribution < -0.4 is 4.72 Å². The Labute approximate surface area is 140 Å². The summed E-state index contributed by atoms with van der Waals surface area (Å²) in [6, 6.07) is 7.35. The van der Waals surface area contributed by atoms with Crippen LogP contribution in [-0.4, -0.2) is 25.7 Å². The van der Waals surface area contributed by atoms with Crippen molar-refractivity contribution in [1.29, 1.82) is 0 Å². The topological polar surface area (TPSA) is 59.1 Å². The molecule has 1 aromatic carbocycles. The molecule has 0 bridgehead atoms. The van der Waals surface area contributed by atoms with Crippen molar-refractivity contribution < 1.29 is 8.42 Å². The Morgan fingerprint density at radius 3 is 2.55 bits per heavy atom. The number of nitrogens with one attached hydrogen (secondary N) is 1. The molecule has 118 valence electrons. The van der Waals surface area contributed by atoms with E-state index in [1.807, 2.05) is 12.1 Å². The monoisotopic (exact) mass is 358 g/mol. The largest absolute Gasteiger partial charge is 0.264 e. The lowest BCUT2D eigenvalue weighted by Gasteiger charge is -2.07. The van der Waals surface area contributed by atoms with Crippen molar-refractivity contribution in [3.05, 3.63) is 52.3 Å². The molecular formula is C15H16Cl2N2O2S. The molecule has 4 nitrogen and oxygen atoms in total. The molecule has 1 heterocycles. The summed E-state index contributed by atoms with van der Waals surface area (Å²) in [6.07, 6.45) is 4.03. The Morgan fingerprint density at radius 1 is 1.09 bits per heavy atom. The molecule has 0 saturated carbocycles. The van der Waals surface area contributed by atoms with Crippen LogP contribution in [-0.2, 0) is 16.4 Å². The maximum Gasteiger partial charge on any atom is 0.211 e. The summed E-state index contributed by atoms with van der Waals surface area (Å²) in [5.41, 5.74) is 2.77. The molecule has 2 rings (SSSR count). The van der Waals surface area contributed by atoms with E-state index in [9.17, 15) is 8.42 Å². The summed E-state index contributed by atoms with van der Waals surface area (Å²) in [4.78, 5) is 4.20. The first kappa shape index (κ1) is 17.2. The summed E-state index contributed by atoms with van der Waals surface area (Å²) in [5.74, 6) is 0.0779. The van der Waals surface area contributed by atoms with Gasteiger partial charge in [0.05, 0.1) is 15.8 Å². The fourth-order valence-corrected chi connectivity index (χ4v) is 2.83. The van der Waals surface area contributed by atoms with E-state index in [1.165, 1.54) is 0 Å². The van der Waals surface area contributed by atoms with Crippen molar-refractivity contribution in [2.24, 2.45) is 0 Å². The van der Waals surface area contributed by atoms with Gasteiger partial charge in [0, 0.05) is 24.5 Å². The predicted molar refractivity (Wildman–Crippen MR) is 90.9 cm³/mol. The number of nitrogens with zero attached hydrogens (tertiary/aromatic N) is 1. The second-order valence-corrected chi connectivity index (χ2v) is 7.67. The Hall–Kier alpha value is -1.14. The number of aromatic nitrogens is 1. The van der Waals surface area contributed by atoms with E-state index in [0.29, 0.717) is 23.0 Å². The highest BCUT2D eigenvalue weighted by atomic mass is 35.5. The van der Waals surface area contributed by atoms with Crippen molar-refractivity contribution in [2.75, 3.05) is 12.3 Å². The molecule has 0 atom stereocenters. The lowest BCUT2D eigenvalue weighted by atomic mass is 10.1. The van der Waals surface area contributed by atoms with Crippen LogP contribution in [0.5, 0.6) is 0 Å². The number of halogens is 2. The molecule has 0 aliphatic heterocycles. The highest BCUT2D eigenvalue weighted by molar-refractivity contribution is 7.89. The van der Waals surface area contributed by atoms with Crippen LogP contribution in [0, 0.1) is 0 Å². The zero-order valence-corrected chi connectivity index (χ0v) is 14.3. The van der Waals surface area contributed by atoms with Gasteiger partial charge in [-0.1, -0.05) is 29.3 Å². The minimum absolute atomic E-state index is 0.0779. The zero-order chi connectivity index (χ0) is 16.2. The molecule has 0 radical (unpaired) electrons. The van der Waals surface area contributed by atoms with Gasteiger partial charge in [-0.3, -0.25) is 4.98 Å². The van der Waals surface area contributed by atoms with Crippen molar-refractivity contribution in [1.82, 2.24) is 9.71 Å². The van der Waals surface area contributed by atoms with Crippen LogP contribution in [0.3, 0.4) is 0 Å². The summed E-state index contributed by atoms with van der Waals surface area (Å²) < 4.78 is 25.3.